The van der Waals surface area contributed by atoms with Gasteiger partial charge in [-0.05, 0) is 75.4 Å². The second-order valence-corrected chi connectivity index (χ2v) is 10.1. The van der Waals surface area contributed by atoms with E-state index in [0.29, 0.717) is 17.6 Å². The topological polar surface area (TPSA) is 86.0 Å². The van der Waals surface area contributed by atoms with Crippen molar-refractivity contribution in [1.82, 2.24) is 29.7 Å². The fourth-order valence-electron chi connectivity index (χ4n) is 5.87. The van der Waals surface area contributed by atoms with Gasteiger partial charge in [-0.15, -0.1) is 0 Å². The minimum absolute atomic E-state index is 0.133. The van der Waals surface area contributed by atoms with Crippen molar-refractivity contribution in [2.75, 3.05) is 26.2 Å². The second-order valence-electron chi connectivity index (χ2n) is 10.1. The highest BCUT2D eigenvalue weighted by Crippen LogP contribution is 2.33. The first kappa shape index (κ1) is 21.6. The summed E-state index contributed by atoms with van der Waals surface area (Å²) < 4.78 is 1.48. The monoisotopic (exact) mass is 460 g/mol. The highest BCUT2D eigenvalue weighted by Gasteiger charge is 2.34. The number of aryl methyl sites for hydroxylation is 1. The molecule has 2 N–H and O–H groups in total. The number of piperidine rings is 2. The van der Waals surface area contributed by atoms with Crippen molar-refractivity contribution in [3.8, 4) is 5.88 Å². The molecule has 2 aromatic heterocycles. The van der Waals surface area contributed by atoms with Gasteiger partial charge in [-0.3, -0.25) is 9.69 Å². The van der Waals surface area contributed by atoms with E-state index >= 15 is 0 Å². The predicted octanol–water partition coefficient (Wildman–Crippen LogP) is 2.83. The molecular formula is C26H32N6O2. The van der Waals surface area contributed by atoms with Gasteiger partial charge in [-0.2, -0.15) is 9.61 Å². The molecule has 6 rings (SSSR count). The summed E-state index contributed by atoms with van der Waals surface area (Å²) in [6.45, 7) is 7.33. The SMILES string of the molecule is Cc1cc2nc(CN3CCC(c4ccc5c(c4)CN(C4CCCNC4)C5=O)CC3)cc(O)n2n1. The maximum atomic E-state index is 13.0. The van der Waals surface area contributed by atoms with Gasteiger partial charge >= 0.3 is 0 Å². The minimum atomic E-state index is 0.133. The molecule has 178 valence electrons. The molecule has 3 aliphatic heterocycles. The molecule has 3 aromatic rings. The summed E-state index contributed by atoms with van der Waals surface area (Å²) in [6.07, 6.45) is 4.41. The summed E-state index contributed by atoms with van der Waals surface area (Å²) in [5.74, 6) is 0.850. The maximum Gasteiger partial charge on any atom is 0.254 e. The Morgan fingerprint density at radius 1 is 1.15 bits per heavy atom. The van der Waals surface area contributed by atoms with Crippen molar-refractivity contribution in [2.45, 2.75) is 57.7 Å². The highest BCUT2D eigenvalue weighted by molar-refractivity contribution is 5.98. The number of hydrogen-bond donors (Lipinski definition) is 2. The molecule has 0 radical (unpaired) electrons. The van der Waals surface area contributed by atoms with Gasteiger partial charge < -0.3 is 15.3 Å². The largest absolute Gasteiger partial charge is 0.493 e. The molecule has 8 heteroatoms. The summed E-state index contributed by atoms with van der Waals surface area (Å²) in [6, 6.07) is 10.5. The number of likely N-dealkylation sites (tertiary alicyclic amines) is 1. The van der Waals surface area contributed by atoms with E-state index in [-0.39, 0.29) is 11.8 Å². The van der Waals surface area contributed by atoms with E-state index in [9.17, 15) is 9.90 Å². The van der Waals surface area contributed by atoms with Crippen molar-refractivity contribution in [2.24, 2.45) is 0 Å². The van der Waals surface area contributed by atoms with Gasteiger partial charge in [-0.1, -0.05) is 12.1 Å². The molecule has 0 aliphatic carbocycles. The van der Waals surface area contributed by atoms with Crippen molar-refractivity contribution in [1.29, 1.82) is 0 Å². The minimum Gasteiger partial charge on any atom is -0.493 e. The van der Waals surface area contributed by atoms with Crippen LogP contribution < -0.4 is 5.32 Å². The number of nitrogens with zero attached hydrogens (tertiary/aromatic N) is 5. The molecule has 0 spiro atoms. The number of aromatic hydroxyl groups is 1. The smallest absolute Gasteiger partial charge is 0.254 e. The Balaban J connectivity index is 1.10. The summed E-state index contributed by atoms with van der Waals surface area (Å²) in [5.41, 5.74) is 5.85. The number of benzene rings is 1. The molecule has 1 aromatic carbocycles. The van der Waals surface area contributed by atoms with Crippen LogP contribution in [0, 0.1) is 6.92 Å². The molecule has 5 heterocycles. The molecule has 1 amide bonds. The van der Waals surface area contributed by atoms with Crippen LogP contribution in [0.15, 0.2) is 30.3 Å². The summed E-state index contributed by atoms with van der Waals surface area (Å²) in [7, 11) is 0. The van der Waals surface area contributed by atoms with Gasteiger partial charge in [0, 0.05) is 43.4 Å². The number of carbonyl (C=O) groups is 1. The van der Waals surface area contributed by atoms with Crippen LogP contribution in [0.3, 0.4) is 0 Å². The fraction of sp³-hybridized carbons (Fsp3) is 0.500. The molecular weight excluding hydrogens is 428 g/mol. The van der Waals surface area contributed by atoms with E-state index in [1.165, 1.54) is 15.6 Å². The van der Waals surface area contributed by atoms with Crippen LogP contribution in [0.25, 0.3) is 5.65 Å². The average Bonchev–Trinajstić information content (AvgIpc) is 3.39. The number of aromatic nitrogens is 3. The predicted molar refractivity (Wildman–Crippen MR) is 129 cm³/mol. The normalized spacial score (nSPS) is 22.0. The van der Waals surface area contributed by atoms with Crippen LogP contribution in [-0.4, -0.2) is 67.6 Å². The van der Waals surface area contributed by atoms with Gasteiger partial charge in [0.2, 0.25) is 5.88 Å². The molecule has 0 bridgehead atoms. The Morgan fingerprint density at radius 3 is 2.79 bits per heavy atom. The third-order valence-electron chi connectivity index (χ3n) is 7.70. The zero-order valence-electron chi connectivity index (χ0n) is 19.7. The van der Waals surface area contributed by atoms with Gasteiger partial charge in [0.1, 0.15) is 0 Å². The number of nitrogens with one attached hydrogen (secondary N) is 1. The van der Waals surface area contributed by atoms with Gasteiger partial charge in [0.25, 0.3) is 5.91 Å². The van der Waals surface area contributed by atoms with E-state index in [4.69, 9.17) is 0 Å². The van der Waals surface area contributed by atoms with Crippen molar-refractivity contribution < 1.29 is 9.90 Å². The van der Waals surface area contributed by atoms with Crippen LogP contribution in [0.2, 0.25) is 0 Å². The number of rotatable bonds is 4. The maximum absolute atomic E-state index is 13.0. The number of fused-ring (bicyclic) bond motifs is 2. The first-order valence-corrected chi connectivity index (χ1v) is 12.5. The van der Waals surface area contributed by atoms with E-state index in [1.807, 2.05) is 13.0 Å². The fourth-order valence-corrected chi connectivity index (χ4v) is 5.87. The van der Waals surface area contributed by atoms with E-state index in [2.05, 4.69) is 43.4 Å². The lowest BCUT2D eigenvalue weighted by Gasteiger charge is -2.32. The lowest BCUT2D eigenvalue weighted by Crippen LogP contribution is -2.46. The van der Waals surface area contributed by atoms with E-state index in [1.54, 1.807) is 6.07 Å². The average molecular weight is 461 g/mol. The molecule has 1 unspecified atom stereocenters. The number of amides is 1. The number of carbonyl (C=O) groups excluding carboxylic acids is 1. The third kappa shape index (κ3) is 3.95. The van der Waals surface area contributed by atoms with Crippen molar-refractivity contribution in [3.05, 3.63) is 58.4 Å². The zero-order chi connectivity index (χ0) is 23.2. The van der Waals surface area contributed by atoms with Crippen LogP contribution in [0.1, 0.15) is 64.5 Å². The van der Waals surface area contributed by atoms with Gasteiger partial charge in [-0.25, -0.2) is 4.98 Å². The molecule has 1 atom stereocenters. The molecule has 0 saturated carbocycles. The molecule has 2 saturated heterocycles. The number of hydrogen-bond acceptors (Lipinski definition) is 6. The first-order valence-electron chi connectivity index (χ1n) is 12.5. The van der Waals surface area contributed by atoms with Crippen LogP contribution >= 0.6 is 0 Å². The Hall–Kier alpha value is -2.97. The summed E-state index contributed by atoms with van der Waals surface area (Å²) >= 11 is 0. The third-order valence-corrected chi connectivity index (χ3v) is 7.70. The van der Waals surface area contributed by atoms with Crippen LogP contribution in [0.4, 0.5) is 0 Å². The Labute approximate surface area is 199 Å². The Kier molecular flexibility index (Phi) is 5.50. The lowest BCUT2D eigenvalue weighted by atomic mass is 9.88. The van der Waals surface area contributed by atoms with E-state index in [0.717, 1.165) is 81.9 Å². The Morgan fingerprint density at radius 2 is 2.00 bits per heavy atom. The molecule has 3 aliphatic rings. The summed E-state index contributed by atoms with van der Waals surface area (Å²) in [5, 5.41) is 18.0. The van der Waals surface area contributed by atoms with Gasteiger partial charge in [0.05, 0.1) is 11.4 Å². The second kappa shape index (κ2) is 8.67. The zero-order valence-corrected chi connectivity index (χ0v) is 19.7. The van der Waals surface area contributed by atoms with Crippen molar-refractivity contribution in [3.63, 3.8) is 0 Å². The van der Waals surface area contributed by atoms with Crippen LogP contribution in [-0.2, 0) is 13.1 Å². The molecule has 34 heavy (non-hydrogen) atoms. The van der Waals surface area contributed by atoms with Gasteiger partial charge in [0.15, 0.2) is 5.65 Å². The molecule has 2 fully saturated rings. The standard InChI is InChI=1S/C26H32N6O2/c1-17-11-24-28-21(13-25(33)32(24)29-17)16-30-9-6-18(7-10-30)19-4-5-23-20(12-19)15-31(26(23)34)22-3-2-8-27-14-22/h4-5,11-13,18,22,27,33H,2-3,6-10,14-16H2,1H3. The molecule has 8 nitrogen and oxygen atoms in total. The van der Waals surface area contributed by atoms with Crippen LogP contribution in [0.5, 0.6) is 5.88 Å². The highest BCUT2D eigenvalue weighted by atomic mass is 16.3. The van der Waals surface area contributed by atoms with Crippen molar-refractivity contribution >= 4 is 11.6 Å². The quantitative estimate of drug-likeness (QED) is 0.623. The lowest BCUT2D eigenvalue weighted by molar-refractivity contribution is 0.0674. The first-order chi connectivity index (χ1) is 16.5. The summed E-state index contributed by atoms with van der Waals surface area (Å²) in [4.78, 5) is 22.1. The Bertz CT molecular complexity index is 1220. The van der Waals surface area contributed by atoms with E-state index < -0.39 is 0 Å².